The summed E-state index contributed by atoms with van der Waals surface area (Å²) in [6, 6.07) is 8.60. The van der Waals surface area contributed by atoms with Crippen LogP contribution in [-0.4, -0.2) is 32.8 Å². The van der Waals surface area contributed by atoms with E-state index in [4.69, 9.17) is 5.11 Å². The Hall–Kier alpha value is -2.63. The molecule has 1 heterocycles. The minimum Gasteiger partial charge on any atom is -0.481 e. The van der Waals surface area contributed by atoms with Crippen LogP contribution in [0.4, 0.5) is 0 Å². The average molecular weight is 299 g/mol. The van der Waals surface area contributed by atoms with Crippen molar-refractivity contribution < 1.29 is 14.7 Å². The second-order valence-electron chi connectivity index (χ2n) is 5.45. The number of benzene rings is 1. The van der Waals surface area contributed by atoms with Crippen LogP contribution in [0.1, 0.15) is 29.6 Å². The number of carboxylic acid groups (broad SMARTS) is 1. The van der Waals surface area contributed by atoms with Crippen molar-refractivity contribution in [2.24, 2.45) is 5.92 Å². The quantitative estimate of drug-likeness (QED) is 0.902. The molecule has 1 aliphatic rings. The number of carbonyl (C=O) groups excluding carboxylic acids is 1. The van der Waals surface area contributed by atoms with Gasteiger partial charge in [-0.05, 0) is 43.2 Å². The largest absolute Gasteiger partial charge is 0.481 e. The van der Waals surface area contributed by atoms with Gasteiger partial charge in [0.15, 0.2) is 0 Å². The Bertz CT molecular complexity index is 664. The second-order valence-corrected chi connectivity index (χ2v) is 5.45. The van der Waals surface area contributed by atoms with Crippen LogP contribution in [0.25, 0.3) is 5.69 Å². The fourth-order valence-corrected chi connectivity index (χ4v) is 2.87. The SMILES string of the molecule is O=C(N[C@H]1CCC[C@H]1C(=O)O)c1ccc(-n2cccn2)cc1. The van der Waals surface area contributed by atoms with Crippen molar-refractivity contribution in [1.82, 2.24) is 15.1 Å². The molecular formula is C16H17N3O3. The molecular weight excluding hydrogens is 282 g/mol. The van der Waals surface area contributed by atoms with Gasteiger partial charge in [-0.15, -0.1) is 0 Å². The van der Waals surface area contributed by atoms with Crippen LogP contribution in [0.5, 0.6) is 0 Å². The molecule has 0 spiro atoms. The van der Waals surface area contributed by atoms with Gasteiger partial charge in [0.2, 0.25) is 0 Å². The molecule has 6 heteroatoms. The molecule has 114 valence electrons. The summed E-state index contributed by atoms with van der Waals surface area (Å²) in [6.45, 7) is 0. The van der Waals surface area contributed by atoms with Crippen LogP contribution in [0.2, 0.25) is 0 Å². The maximum absolute atomic E-state index is 12.2. The third-order valence-corrected chi connectivity index (χ3v) is 4.05. The Morgan fingerprint density at radius 3 is 2.64 bits per heavy atom. The summed E-state index contributed by atoms with van der Waals surface area (Å²) < 4.78 is 1.71. The maximum Gasteiger partial charge on any atom is 0.308 e. The first-order valence-corrected chi connectivity index (χ1v) is 7.29. The standard InChI is InChI=1S/C16H17N3O3/c20-15(18-14-4-1-3-13(14)16(21)22)11-5-7-12(8-6-11)19-10-2-9-17-19/h2,5-10,13-14H,1,3-4H2,(H,18,20)(H,21,22)/t13-,14+/m1/s1. The molecule has 2 atom stereocenters. The normalized spacial score (nSPS) is 20.7. The van der Waals surface area contributed by atoms with Crippen molar-refractivity contribution in [1.29, 1.82) is 0 Å². The fourth-order valence-electron chi connectivity index (χ4n) is 2.87. The predicted molar refractivity (Wildman–Crippen MR) is 79.8 cm³/mol. The summed E-state index contributed by atoms with van der Waals surface area (Å²) in [5.41, 5.74) is 1.39. The van der Waals surface area contributed by atoms with Crippen LogP contribution in [-0.2, 0) is 4.79 Å². The van der Waals surface area contributed by atoms with Crippen molar-refractivity contribution in [3.05, 3.63) is 48.3 Å². The van der Waals surface area contributed by atoms with Crippen molar-refractivity contribution in [3.8, 4) is 5.69 Å². The lowest BCUT2D eigenvalue weighted by atomic mass is 10.0. The van der Waals surface area contributed by atoms with Crippen molar-refractivity contribution in [2.75, 3.05) is 0 Å². The molecule has 2 N–H and O–H groups in total. The average Bonchev–Trinajstić information content (AvgIpc) is 3.18. The number of hydrogen-bond donors (Lipinski definition) is 2. The molecule has 0 bridgehead atoms. The first-order valence-electron chi connectivity index (χ1n) is 7.29. The number of aromatic nitrogens is 2. The van der Waals surface area contributed by atoms with Gasteiger partial charge in [0.25, 0.3) is 5.91 Å². The van der Waals surface area contributed by atoms with E-state index in [9.17, 15) is 9.59 Å². The molecule has 0 radical (unpaired) electrons. The Kier molecular flexibility index (Phi) is 3.91. The highest BCUT2D eigenvalue weighted by Crippen LogP contribution is 2.26. The molecule has 22 heavy (non-hydrogen) atoms. The summed E-state index contributed by atoms with van der Waals surface area (Å²) in [4.78, 5) is 23.4. The van der Waals surface area contributed by atoms with Gasteiger partial charge in [-0.3, -0.25) is 9.59 Å². The summed E-state index contributed by atoms with van der Waals surface area (Å²) in [7, 11) is 0. The van der Waals surface area contributed by atoms with Crippen molar-refractivity contribution in [3.63, 3.8) is 0 Å². The van der Waals surface area contributed by atoms with Crippen LogP contribution in [0.3, 0.4) is 0 Å². The van der Waals surface area contributed by atoms with E-state index in [2.05, 4.69) is 10.4 Å². The van der Waals surface area contributed by atoms with Gasteiger partial charge in [-0.2, -0.15) is 5.10 Å². The molecule has 1 aliphatic carbocycles. The van der Waals surface area contributed by atoms with Crippen LogP contribution in [0.15, 0.2) is 42.7 Å². The lowest BCUT2D eigenvalue weighted by molar-refractivity contribution is -0.142. The van der Waals surface area contributed by atoms with E-state index in [1.165, 1.54) is 0 Å². The van der Waals surface area contributed by atoms with Crippen LogP contribution < -0.4 is 5.32 Å². The van der Waals surface area contributed by atoms with E-state index in [1.54, 1.807) is 23.0 Å². The first-order chi connectivity index (χ1) is 10.6. The number of rotatable bonds is 4. The molecule has 0 aliphatic heterocycles. The van der Waals surface area contributed by atoms with E-state index < -0.39 is 11.9 Å². The van der Waals surface area contributed by atoms with Gasteiger partial charge in [0.1, 0.15) is 0 Å². The third kappa shape index (κ3) is 2.86. The van der Waals surface area contributed by atoms with E-state index >= 15 is 0 Å². The molecule has 2 aromatic rings. The fraction of sp³-hybridized carbons (Fsp3) is 0.312. The smallest absolute Gasteiger partial charge is 0.308 e. The lowest BCUT2D eigenvalue weighted by Gasteiger charge is -2.17. The Morgan fingerprint density at radius 2 is 2.00 bits per heavy atom. The van der Waals surface area contributed by atoms with Crippen LogP contribution in [0, 0.1) is 5.92 Å². The van der Waals surface area contributed by atoms with Gasteiger partial charge in [0, 0.05) is 24.0 Å². The van der Waals surface area contributed by atoms with E-state index in [1.807, 2.05) is 24.4 Å². The van der Waals surface area contributed by atoms with Gasteiger partial charge in [-0.25, -0.2) is 4.68 Å². The van der Waals surface area contributed by atoms with E-state index in [0.29, 0.717) is 18.4 Å². The molecule has 0 unspecified atom stereocenters. The number of nitrogens with one attached hydrogen (secondary N) is 1. The number of amides is 1. The number of carboxylic acids is 1. The number of hydrogen-bond acceptors (Lipinski definition) is 3. The van der Waals surface area contributed by atoms with E-state index in [0.717, 1.165) is 12.1 Å². The summed E-state index contributed by atoms with van der Waals surface area (Å²) in [5.74, 6) is -1.55. The van der Waals surface area contributed by atoms with Gasteiger partial charge < -0.3 is 10.4 Å². The predicted octanol–water partition coefficient (Wildman–Crippen LogP) is 1.86. The molecule has 1 fully saturated rings. The highest BCUT2D eigenvalue weighted by molar-refractivity contribution is 5.94. The summed E-state index contributed by atoms with van der Waals surface area (Å²) in [6.07, 6.45) is 5.69. The first kappa shape index (κ1) is 14.3. The van der Waals surface area contributed by atoms with Crippen molar-refractivity contribution in [2.45, 2.75) is 25.3 Å². The van der Waals surface area contributed by atoms with Gasteiger partial charge in [-0.1, -0.05) is 6.42 Å². The monoisotopic (exact) mass is 299 g/mol. The Labute approximate surface area is 127 Å². The number of aliphatic carboxylic acids is 1. The van der Waals surface area contributed by atoms with E-state index in [-0.39, 0.29) is 11.9 Å². The molecule has 6 nitrogen and oxygen atoms in total. The molecule has 1 saturated carbocycles. The number of carbonyl (C=O) groups is 2. The Balaban J connectivity index is 1.69. The minimum atomic E-state index is -0.836. The molecule has 1 amide bonds. The summed E-state index contributed by atoms with van der Waals surface area (Å²) in [5, 5.41) is 16.1. The zero-order valence-corrected chi connectivity index (χ0v) is 12.0. The van der Waals surface area contributed by atoms with Gasteiger partial charge >= 0.3 is 5.97 Å². The summed E-state index contributed by atoms with van der Waals surface area (Å²) >= 11 is 0. The molecule has 3 rings (SSSR count). The zero-order chi connectivity index (χ0) is 15.5. The lowest BCUT2D eigenvalue weighted by Crippen LogP contribution is -2.40. The minimum absolute atomic E-state index is 0.231. The highest BCUT2D eigenvalue weighted by Gasteiger charge is 2.33. The van der Waals surface area contributed by atoms with Crippen LogP contribution >= 0.6 is 0 Å². The zero-order valence-electron chi connectivity index (χ0n) is 12.0. The third-order valence-electron chi connectivity index (χ3n) is 4.05. The molecule has 1 aromatic carbocycles. The topological polar surface area (TPSA) is 84.2 Å². The molecule has 1 aromatic heterocycles. The second kappa shape index (κ2) is 6.01. The number of nitrogens with zero attached hydrogens (tertiary/aromatic N) is 2. The maximum atomic E-state index is 12.2. The Morgan fingerprint density at radius 1 is 1.23 bits per heavy atom. The highest BCUT2D eigenvalue weighted by atomic mass is 16.4. The van der Waals surface area contributed by atoms with Crippen molar-refractivity contribution >= 4 is 11.9 Å². The van der Waals surface area contributed by atoms with Gasteiger partial charge in [0.05, 0.1) is 11.6 Å². The molecule has 0 saturated heterocycles.